The summed E-state index contributed by atoms with van der Waals surface area (Å²) in [6.45, 7) is 1.59. The summed E-state index contributed by atoms with van der Waals surface area (Å²) in [6.07, 6.45) is 0.435. The predicted molar refractivity (Wildman–Crippen MR) is 90.7 cm³/mol. The first-order valence-electron chi connectivity index (χ1n) is 6.55. The van der Waals surface area contributed by atoms with Gasteiger partial charge in [-0.05, 0) is 18.4 Å². The third-order valence-corrected chi connectivity index (χ3v) is 5.01. The minimum absolute atomic E-state index is 0.0331. The molecule has 0 saturated heterocycles. The smallest absolute Gasteiger partial charge is 0.359 e. The lowest BCUT2D eigenvalue weighted by Crippen LogP contribution is -2.12. The first-order valence-corrected chi connectivity index (χ1v) is 8.56. The molecule has 0 spiro atoms. The van der Waals surface area contributed by atoms with Crippen LogP contribution in [0.4, 0.5) is 0 Å². The molecule has 0 aliphatic carbocycles. The first kappa shape index (κ1) is 17.2. The first-order chi connectivity index (χ1) is 11.5. The zero-order valence-corrected chi connectivity index (χ0v) is 15.1. The molecule has 10 heteroatoms. The van der Waals surface area contributed by atoms with Crippen LogP contribution in [0.2, 0.25) is 15.1 Å². The number of hydrogen-bond acceptors (Lipinski definition) is 7. The fourth-order valence-corrected chi connectivity index (χ4v) is 2.95. The topological polar surface area (TPSA) is 78.1 Å². The average Bonchev–Trinajstić information content (AvgIpc) is 3.23. The lowest BCUT2D eigenvalue weighted by molar-refractivity contribution is 0.0273. The third-order valence-electron chi connectivity index (χ3n) is 2.91. The molecule has 0 aromatic carbocycles. The molecule has 0 fully saturated rings. The van der Waals surface area contributed by atoms with Crippen molar-refractivity contribution in [2.45, 2.75) is 13.0 Å². The molecule has 3 rings (SSSR count). The van der Waals surface area contributed by atoms with Crippen molar-refractivity contribution in [2.75, 3.05) is 0 Å². The van der Waals surface area contributed by atoms with E-state index < -0.39 is 12.1 Å². The number of nitrogens with zero attached hydrogens (tertiary/aromatic N) is 3. The van der Waals surface area contributed by atoms with E-state index >= 15 is 0 Å². The predicted octanol–water partition coefficient (Wildman–Crippen LogP) is 5.07. The molecule has 3 aromatic rings. The van der Waals surface area contributed by atoms with Gasteiger partial charge in [0.25, 0.3) is 11.8 Å². The van der Waals surface area contributed by atoms with Crippen LogP contribution in [0.15, 0.2) is 28.1 Å². The normalized spacial score (nSPS) is 12.2. The fraction of sp³-hybridized carbons (Fsp3) is 0.143. The fourth-order valence-electron chi connectivity index (χ4n) is 1.75. The van der Waals surface area contributed by atoms with Crippen molar-refractivity contribution in [2.24, 2.45) is 0 Å². The Kier molecular flexibility index (Phi) is 5.05. The minimum Gasteiger partial charge on any atom is -0.448 e. The number of hydrogen-bond donors (Lipinski definition) is 0. The van der Waals surface area contributed by atoms with E-state index in [0.717, 1.165) is 4.88 Å². The van der Waals surface area contributed by atoms with Crippen molar-refractivity contribution >= 4 is 52.1 Å². The molecule has 1 unspecified atom stereocenters. The van der Waals surface area contributed by atoms with Crippen molar-refractivity contribution in [3.63, 3.8) is 0 Å². The largest absolute Gasteiger partial charge is 0.448 e. The maximum atomic E-state index is 12.2. The van der Waals surface area contributed by atoms with Gasteiger partial charge in [0.1, 0.15) is 0 Å². The Balaban J connectivity index is 1.76. The maximum Gasteiger partial charge on any atom is 0.359 e. The van der Waals surface area contributed by atoms with E-state index in [-0.39, 0.29) is 26.7 Å². The van der Waals surface area contributed by atoms with Gasteiger partial charge in [-0.3, -0.25) is 0 Å². The monoisotopic (exact) mass is 403 g/mol. The number of carbonyl (C=O) groups excluding carboxylic acids is 1. The zero-order chi connectivity index (χ0) is 17.3. The number of rotatable bonds is 4. The van der Waals surface area contributed by atoms with E-state index in [1.165, 1.54) is 17.5 Å². The highest BCUT2D eigenvalue weighted by molar-refractivity contribution is 7.13. The molecular formula is C14H8Cl3N3O3S. The van der Waals surface area contributed by atoms with E-state index in [1.807, 2.05) is 17.5 Å². The number of ether oxygens (including phenoxy) is 1. The molecule has 24 heavy (non-hydrogen) atoms. The highest BCUT2D eigenvalue weighted by atomic mass is 35.5. The van der Waals surface area contributed by atoms with Gasteiger partial charge in [-0.25, -0.2) is 9.78 Å². The minimum atomic E-state index is -0.786. The highest BCUT2D eigenvalue weighted by Gasteiger charge is 2.24. The molecule has 0 saturated carbocycles. The standard InChI is InChI=1S/C14H8Cl3N3O3S/c1-6(12-19-20-13(23-12)8-3-2-4-24-8)22-14(21)11-10(17)9(16)7(15)5-18-11/h2-6H,1H3. The third kappa shape index (κ3) is 3.39. The van der Waals surface area contributed by atoms with Gasteiger partial charge in [-0.2, -0.15) is 0 Å². The van der Waals surface area contributed by atoms with Gasteiger partial charge >= 0.3 is 5.97 Å². The van der Waals surface area contributed by atoms with Gasteiger partial charge < -0.3 is 9.15 Å². The van der Waals surface area contributed by atoms with Crippen molar-refractivity contribution in [1.82, 2.24) is 15.2 Å². The Labute approximate surface area is 155 Å². The van der Waals surface area contributed by atoms with Crippen molar-refractivity contribution in [3.8, 4) is 10.8 Å². The van der Waals surface area contributed by atoms with E-state index in [2.05, 4.69) is 15.2 Å². The van der Waals surface area contributed by atoms with Gasteiger partial charge in [-0.15, -0.1) is 21.5 Å². The van der Waals surface area contributed by atoms with Crippen LogP contribution in [-0.4, -0.2) is 21.2 Å². The van der Waals surface area contributed by atoms with E-state index in [1.54, 1.807) is 6.92 Å². The summed E-state index contributed by atoms with van der Waals surface area (Å²) in [5, 5.41) is 9.80. The molecule has 0 aliphatic heterocycles. The van der Waals surface area contributed by atoms with Crippen LogP contribution in [0.1, 0.15) is 29.4 Å². The second-order valence-electron chi connectivity index (χ2n) is 4.55. The molecule has 3 aromatic heterocycles. The summed E-state index contributed by atoms with van der Waals surface area (Å²) >= 11 is 19.1. The Hall–Kier alpha value is -1.67. The molecule has 0 amide bonds. The van der Waals surface area contributed by atoms with Crippen LogP contribution in [-0.2, 0) is 4.74 Å². The Morgan fingerprint density at radius 3 is 2.79 bits per heavy atom. The number of aromatic nitrogens is 3. The number of pyridine rings is 1. The Bertz CT molecular complexity index is 883. The van der Waals surface area contributed by atoms with E-state index in [9.17, 15) is 4.79 Å². The highest BCUT2D eigenvalue weighted by Crippen LogP contribution is 2.32. The second kappa shape index (κ2) is 7.06. The summed E-state index contributed by atoms with van der Waals surface area (Å²) in [5.74, 6) is -0.265. The number of esters is 1. The summed E-state index contributed by atoms with van der Waals surface area (Å²) in [7, 11) is 0. The molecule has 0 radical (unpaired) electrons. The molecule has 1 atom stereocenters. The van der Waals surface area contributed by atoms with Gasteiger partial charge in [0, 0.05) is 6.20 Å². The van der Waals surface area contributed by atoms with Crippen LogP contribution in [0.5, 0.6) is 0 Å². The van der Waals surface area contributed by atoms with Gasteiger partial charge in [0.15, 0.2) is 11.8 Å². The number of thiophene rings is 1. The number of carbonyl (C=O) groups is 1. The summed E-state index contributed by atoms with van der Waals surface area (Å²) < 4.78 is 10.8. The van der Waals surface area contributed by atoms with Crippen molar-refractivity contribution in [1.29, 1.82) is 0 Å². The van der Waals surface area contributed by atoms with Crippen LogP contribution in [0.25, 0.3) is 10.8 Å². The molecule has 0 bridgehead atoms. The van der Waals surface area contributed by atoms with Gasteiger partial charge in [-0.1, -0.05) is 40.9 Å². The van der Waals surface area contributed by atoms with Crippen molar-refractivity contribution < 1.29 is 13.9 Å². The molecular weight excluding hydrogens is 397 g/mol. The van der Waals surface area contributed by atoms with Crippen LogP contribution in [0.3, 0.4) is 0 Å². The molecule has 6 nitrogen and oxygen atoms in total. The Morgan fingerprint density at radius 2 is 2.08 bits per heavy atom. The van der Waals surface area contributed by atoms with Crippen molar-refractivity contribution in [3.05, 3.63) is 50.4 Å². The lowest BCUT2D eigenvalue weighted by atomic mass is 10.3. The zero-order valence-electron chi connectivity index (χ0n) is 12.0. The lowest BCUT2D eigenvalue weighted by Gasteiger charge is -2.10. The molecule has 124 valence electrons. The van der Waals surface area contributed by atoms with Gasteiger partial charge in [0.05, 0.1) is 19.9 Å². The van der Waals surface area contributed by atoms with Crippen LogP contribution < -0.4 is 0 Å². The quantitative estimate of drug-likeness (QED) is 0.565. The molecule has 0 aliphatic rings. The maximum absolute atomic E-state index is 12.2. The average molecular weight is 405 g/mol. The summed E-state index contributed by atoms with van der Waals surface area (Å²) in [4.78, 5) is 16.9. The SMILES string of the molecule is CC(OC(=O)c1ncc(Cl)c(Cl)c1Cl)c1nnc(-c2cccs2)o1. The summed E-state index contributed by atoms with van der Waals surface area (Å²) in [5.41, 5.74) is -0.143. The van der Waals surface area contributed by atoms with Crippen LogP contribution >= 0.6 is 46.1 Å². The summed E-state index contributed by atoms with van der Waals surface area (Å²) in [6, 6.07) is 3.71. The Morgan fingerprint density at radius 1 is 1.29 bits per heavy atom. The molecule has 0 N–H and O–H groups in total. The van der Waals surface area contributed by atoms with Crippen LogP contribution in [0, 0.1) is 0 Å². The van der Waals surface area contributed by atoms with E-state index in [4.69, 9.17) is 44.0 Å². The van der Waals surface area contributed by atoms with Gasteiger partial charge in [0.2, 0.25) is 0 Å². The number of halogens is 3. The molecule has 3 heterocycles. The van der Waals surface area contributed by atoms with E-state index in [0.29, 0.717) is 5.89 Å². The second-order valence-corrected chi connectivity index (χ2v) is 6.66.